The Hall–Kier alpha value is -3.15. The van der Waals surface area contributed by atoms with Gasteiger partial charge in [-0.3, -0.25) is 14.3 Å². The molecular weight excluding hydrogens is 308 g/mol. The smallest absolute Gasteiger partial charge is 0.337 e. The van der Waals surface area contributed by atoms with Crippen LogP contribution >= 0.6 is 0 Å². The van der Waals surface area contributed by atoms with Crippen LogP contribution in [0.15, 0.2) is 47.4 Å². The number of nitrogens with zero attached hydrogens (tertiary/aromatic N) is 2. The van der Waals surface area contributed by atoms with Crippen LogP contribution in [0.25, 0.3) is 16.6 Å². The predicted octanol–water partition coefficient (Wildman–Crippen LogP) is 2.79. The zero-order valence-corrected chi connectivity index (χ0v) is 13.3. The van der Waals surface area contributed by atoms with Crippen molar-refractivity contribution in [3.63, 3.8) is 0 Å². The molecule has 122 valence electrons. The van der Waals surface area contributed by atoms with Gasteiger partial charge in [0.25, 0.3) is 5.56 Å². The average molecular weight is 324 g/mol. The van der Waals surface area contributed by atoms with E-state index in [9.17, 15) is 14.7 Å². The number of aryl methyl sites for hydroxylation is 1. The fourth-order valence-corrected chi connectivity index (χ4v) is 2.55. The first-order valence-electron chi connectivity index (χ1n) is 7.51. The van der Waals surface area contributed by atoms with Gasteiger partial charge in [0.2, 0.25) is 0 Å². The average Bonchev–Trinajstić information content (AvgIpc) is 2.56. The molecule has 0 fully saturated rings. The number of pyridine rings is 2. The largest absolute Gasteiger partial charge is 0.494 e. The highest BCUT2D eigenvalue weighted by Crippen LogP contribution is 2.17. The summed E-state index contributed by atoms with van der Waals surface area (Å²) in [5.74, 6) is -0.377. The predicted molar refractivity (Wildman–Crippen MR) is 90.2 cm³/mol. The number of carboxylic acids is 1. The molecule has 0 aliphatic rings. The lowest BCUT2D eigenvalue weighted by Crippen LogP contribution is -2.19. The second-order valence-corrected chi connectivity index (χ2v) is 5.28. The van der Waals surface area contributed by atoms with E-state index in [2.05, 4.69) is 4.98 Å². The summed E-state index contributed by atoms with van der Waals surface area (Å²) in [6.45, 7) is 4.08. The molecule has 2 heterocycles. The van der Waals surface area contributed by atoms with E-state index in [0.29, 0.717) is 23.5 Å². The maximum Gasteiger partial charge on any atom is 0.337 e. The molecule has 1 N–H and O–H groups in total. The molecule has 0 bridgehead atoms. The molecule has 0 aliphatic heterocycles. The number of hydrogen-bond donors (Lipinski definition) is 1. The Morgan fingerprint density at radius 1 is 1.25 bits per heavy atom. The van der Waals surface area contributed by atoms with E-state index < -0.39 is 5.97 Å². The second kappa shape index (κ2) is 6.16. The third kappa shape index (κ3) is 2.74. The Kier molecular flexibility index (Phi) is 4.04. The van der Waals surface area contributed by atoms with E-state index in [1.54, 1.807) is 43.5 Å². The van der Waals surface area contributed by atoms with Crippen molar-refractivity contribution in [1.29, 1.82) is 0 Å². The summed E-state index contributed by atoms with van der Waals surface area (Å²) < 4.78 is 6.85. The molecule has 6 heteroatoms. The lowest BCUT2D eigenvalue weighted by Gasteiger charge is -2.09. The zero-order chi connectivity index (χ0) is 17.3. The van der Waals surface area contributed by atoms with Crippen molar-refractivity contribution in [3.8, 4) is 11.4 Å². The van der Waals surface area contributed by atoms with Crippen LogP contribution in [0.5, 0.6) is 5.75 Å². The molecule has 3 aromatic rings. The van der Waals surface area contributed by atoms with Gasteiger partial charge < -0.3 is 9.84 Å². The van der Waals surface area contributed by atoms with Gasteiger partial charge in [0, 0.05) is 11.9 Å². The summed E-state index contributed by atoms with van der Waals surface area (Å²) in [6.07, 6.45) is 1.63. The number of aromatic nitrogens is 2. The van der Waals surface area contributed by atoms with E-state index in [1.165, 1.54) is 10.6 Å². The fraction of sp³-hybridized carbons (Fsp3) is 0.167. The highest BCUT2D eigenvalue weighted by atomic mass is 16.5. The van der Waals surface area contributed by atoms with Gasteiger partial charge in [0.1, 0.15) is 5.75 Å². The van der Waals surface area contributed by atoms with Gasteiger partial charge in [-0.1, -0.05) is 0 Å². The third-order valence-corrected chi connectivity index (χ3v) is 3.73. The maximum absolute atomic E-state index is 12.7. The summed E-state index contributed by atoms with van der Waals surface area (Å²) in [5, 5.41) is 9.49. The maximum atomic E-state index is 12.7. The SMILES string of the molecule is CCOc1ccc(-n2ccc3nc(C)c(C(=O)O)cc3c2=O)cc1. The lowest BCUT2D eigenvalue weighted by atomic mass is 10.1. The topological polar surface area (TPSA) is 81.4 Å². The van der Waals surface area contributed by atoms with Crippen molar-refractivity contribution in [2.45, 2.75) is 13.8 Å². The number of rotatable bonds is 4. The molecule has 2 aromatic heterocycles. The summed E-state index contributed by atoms with van der Waals surface area (Å²) in [7, 11) is 0. The van der Waals surface area contributed by atoms with Crippen LogP contribution in [0, 0.1) is 6.92 Å². The number of carbonyl (C=O) groups is 1. The molecule has 0 radical (unpaired) electrons. The summed E-state index contributed by atoms with van der Waals surface area (Å²) in [5.41, 5.74) is 1.25. The number of benzene rings is 1. The Morgan fingerprint density at radius 2 is 1.96 bits per heavy atom. The lowest BCUT2D eigenvalue weighted by molar-refractivity contribution is 0.0696. The molecule has 0 spiro atoms. The van der Waals surface area contributed by atoms with Gasteiger partial charge in [-0.05, 0) is 50.2 Å². The number of aromatic carboxylic acids is 1. The summed E-state index contributed by atoms with van der Waals surface area (Å²) in [4.78, 5) is 28.2. The Bertz CT molecular complexity index is 975. The van der Waals surface area contributed by atoms with Gasteiger partial charge in [0.05, 0.1) is 28.8 Å². The molecule has 0 saturated heterocycles. The Morgan fingerprint density at radius 3 is 2.58 bits per heavy atom. The molecule has 1 aromatic carbocycles. The highest BCUT2D eigenvalue weighted by molar-refractivity contribution is 5.93. The van der Waals surface area contributed by atoms with Crippen LogP contribution in [-0.4, -0.2) is 27.2 Å². The van der Waals surface area contributed by atoms with Crippen molar-refractivity contribution >= 4 is 16.9 Å². The van der Waals surface area contributed by atoms with Gasteiger partial charge in [-0.15, -0.1) is 0 Å². The molecule has 24 heavy (non-hydrogen) atoms. The first-order chi connectivity index (χ1) is 11.5. The van der Waals surface area contributed by atoms with Crippen LogP contribution < -0.4 is 10.3 Å². The first-order valence-corrected chi connectivity index (χ1v) is 7.51. The Balaban J connectivity index is 2.16. The molecule has 3 rings (SSSR count). The van der Waals surface area contributed by atoms with Crippen LogP contribution in [0.3, 0.4) is 0 Å². The van der Waals surface area contributed by atoms with Crippen LogP contribution in [0.2, 0.25) is 0 Å². The van der Waals surface area contributed by atoms with E-state index in [-0.39, 0.29) is 16.5 Å². The summed E-state index contributed by atoms with van der Waals surface area (Å²) >= 11 is 0. The van der Waals surface area contributed by atoms with E-state index in [1.807, 2.05) is 6.92 Å². The minimum Gasteiger partial charge on any atom is -0.494 e. The zero-order valence-electron chi connectivity index (χ0n) is 13.3. The third-order valence-electron chi connectivity index (χ3n) is 3.73. The quantitative estimate of drug-likeness (QED) is 0.798. The molecular formula is C18H16N2O4. The van der Waals surface area contributed by atoms with Crippen molar-refractivity contribution in [1.82, 2.24) is 9.55 Å². The van der Waals surface area contributed by atoms with E-state index in [4.69, 9.17) is 4.74 Å². The molecule has 0 amide bonds. The van der Waals surface area contributed by atoms with Crippen LogP contribution in [0.4, 0.5) is 0 Å². The van der Waals surface area contributed by atoms with E-state index >= 15 is 0 Å². The fourth-order valence-electron chi connectivity index (χ4n) is 2.55. The highest BCUT2D eigenvalue weighted by Gasteiger charge is 2.13. The standard InChI is InChI=1S/C18H16N2O4/c1-3-24-13-6-4-12(5-7-13)20-9-8-16-15(17(20)21)10-14(18(22)23)11(2)19-16/h4-10H,3H2,1-2H3,(H,22,23). The van der Waals surface area contributed by atoms with Gasteiger partial charge >= 0.3 is 5.97 Å². The molecule has 0 unspecified atom stereocenters. The normalized spacial score (nSPS) is 10.8. The number of carboxylic acid groups (broad SMARTS) is 1. The minimum absolute atomic E-state index is 0.0315. The minimum atomic E-state index is -1.10. The number of ether oxygens (including phenoxy) is 1. The first kappa shape index (κ1) is 15.7. The van der Waals surface area contributed by atoms with Crippen molar-refractivity contribution < 1.29 is 14.6 Å². The second-order valence-electron chi connectivity index (χ2n) is 5.28. The molecule has 0 saturated carbocycles. The van der Waals surface area contributed by atoms with Gasteiger partial charge in [-0.2, -0.15) is 0 Å². The summed E-state index contributed by atoms with van der Waals surface area (Å²) in [6, 6.07) is 10.2. The van der Waals surface area contributed by atoms with Crippen LogP contribution in [0.1, 0.15) is 23.0 Å². The van der Waals surface area contributed by atoms with Gasteiger partial charge in [-0.25, -0.2) is 4.79 Å². The molecule has 6 nitrogen and oxygen atoms in total. The van der Waals surface area contributed by atoms with Crippen molar-refractivity contribution in [2.75, 3.05) is 6.61 Å². The van der Waals surface area contributed by atoms with Gasteiger partial charge in [0.15, 0.2) is 0 Å². The number of fused-ring (bicyclic) bond motifs is 1. The number of hydrogen-bond acceptors (Lipinski definition) is 4. The molecule has 0 aliphatic carbocycles. The Labute approximate surface area is 138 Å². The van der Waals surface area contributed by atoms with Crippen molar-refractivity contribution in [2.24, 2.45) is 0 Å². The van der Waals surface area contributed by atoms with Crippen LogP contribution in [-0.2, 0) is 0 Å². The van der Waals surface area contributed by atoms with Crippen molar-refractivity contribution in [3.05, 3.63) is 64.2 Å². The molecule has 0 atom stereocenters. The van der Waals surface area contributed by atoms with E-state index in [0.717, 1.165) is 5.75 Å². The monoisotopic (exact) mass is 324 g/mol.